The number of thioether (sulfide) groups is 1. The Kier molecular flexibility index (Phi) is 7.48. The van der Waals surface area contributed by atoms with E-state index < -0.39 is 0 Å². The van der Waals surface area contributed by atoms with Gasteiger partial charge in [0.1, 0.15) is 11.6 Å². The van der Waals surface area contributed by atoms with Crippen LogP contribution >= 0.6 is 23.4 Å². The van der Waals surface area contributed by atoms with Crippen LogP contribution in [0.5, 0.6) is 5.75 Å². The van der Waals surface area contributed by atoms with Crippen molar-refractivity contribution in [3.8, 4) is 5.75 Å². The lowest BCUT2D eigenvalue weighted by molar-refractivity contribution is -0.113. The number of allylic oxidation sites excluding steroid dienone is 1. The number of anilines is 1. The average Bonchev–Trinajstić information content (AvgIpc) is 3.11. The summed E-state index contributed by atoms with van der Waals surface area (Å²) in [4.78, 5) is 16.3. The summed E-state index contributed by atoms with van der Waals surface area (Å²) in [5.74, 6) is 1.83. The quantitative estimate of drug-likeness (QED) is 0.381. The second kappa shape index (κ2) is 10.3. The summed E-state index contributed by atoms with van der Waals surface area (Å²) in [7, 11) is 0. The Balaban J connectivity index is 1.66. The van der Waals surface area contributed by atoms with E-state index in [1.807, 2.05) is 42.7 Å². The molecule has 0 saturated carbocycles. The Hall–Kier alpha value is -2.84. The van der Waals surface area contributed by atoms with E-state index in [4.69, 9.17) is 16.3 Å². The fourth-order valence-electron chi connectivity index (χ4n) is 2.71. The molecule has 30 heavy (non-hydrogen) atoms. The van der Waals surface area contributed by atoms with Crippen molar-refractivity contribution < 1.29 is 9.53 Å². The number of benzene rings is 1. The molecule has 0 bridgehead atoms. The van der Waals surface area contributed by atoms with Gasteiger partial charge in [0, 0.05) is 12.7 Å². The summed E-state index contributed by atoms with van der Waals surface area (Å²) in [5, 5.41) is 12.4. The van der Waals surface area contributed by atoms with E-state index in [-0.39, 0.29) is 17.8 Å². The van der Waals surface area contributed by atoms with Crippen LogP contribution in [0.2, 0.25) is 5.02 Å². The first kappa shape index (κ1) is 21.9. The van der Waals surface area contributed by atoms with Crippen molar-refractivity contribution in [2.75, 3.05) is 11.1 Å². The number of aromatic nitrogens is 4. The molecule has 1 N–H and O–H groups in total. The van der Waals surface area contributed by atoms with E-state index in [2.05, 4.69) is 27.1 Å². The van der Waals surface area contributed by atoms with Gasteiger partial charge in [0.15, 0.2) is 17.1 Å². The predicted octanol–water partition coefficient (Wildman–Crippen LogP) is 4.69. The van der Waals surface area contributed by atoms with E-state index in [0.29, 0.717) is 28.4 Å². The average molecular weight is 444 g/mol. The maximum absolute atomic E-state index is 12.2. The first-order valence-corrected chi connectivity index (χ1v) is 10.6. The molecule has 156 valence electrons. The molecule has 2 heterocycles. The van der Waals surface area contributed by atoms with Crippen molar-refractivity contribution in [3.05, 3.63) is 71.7 Å². The lowest BCUT2D eigenvalue weighted by atomic mass is 10.2. The van der Waals surface area contributed by atoms with E-state index >= 15 is 0 Å². The van der Waals surface area contributed by atoms with Gasteiger partial charge in [0.25, 0.3) is 0 Å². The highest BCUT2D eigenvalue weighted by atomic mass is 35.5. The number of halogens is 1. The minimum absolute atomic E-state index is 0.159. The fourth-order valence-corrected chi connectivity index (χ4v) is 3.58. The number of carbonyl (C=O) groups is 1. The van der Waals surface area contributed by atoms with Crippen molar-refractivity contribution in [2.24, 2.45) is 0 Å². The third-order valence-corrected chi connectivity index (χ3v) is 5.24. The zero-order valence-electron chi connectivity index (χ0n) is 16.7. The number of aryl methyl sites for hydroxylation is 1. The van der Waals surface area contributed by atoms with Gasteiger partial charge in [-0.15, -0.1) is 16.8 Å². The van der Waals surface area contributed by atoms with Crippen LogP contribution in [0, 0.1) is 6.92 Å². The van der Waals surface area contributed by atoms with Gasteiger partial charge < -0.3 is 10.1 Å². The van der Waals surface area contributed by atoms with Crippen molar-refractivity contribution in [2.45, 2.75) is 31.7 Å². The molecule has 0 aliphatic carbocycles. The van der Waals surface area contributed by atoms with Crippen LogP contribution in [0.25, 0.3) is 0 Å². The van der Waals surface area contributed by atoms with Gasteiger partial charge in [-0.05, 0) is 43.7 Å². The van der Waals surface area contributed by atoms with E-state index in [0.717, 1.165) is 11.3 Å². The smallest absolute Gasteiger partial charge is 0.236 e. The van der Waals surface area contributed by atoms with Crippen LogP contribution in [0.3, 0.4) is 0 Å². The molecule has 1 atom stereocenters. The summed E-state index contributed by atoms with van der Waals surface area (Å²) in [6, 6.07) is 11.1. The van der Waals surface area contributed by atoms with Crippen molar-refractivity contribution in [1.29, 1.82) is 0 Å². The minimum Gasteiger partial charge on any atom is -0.483 e. The van der Waals surface area contributed by atoms with Crippen LogP contribution in [0.1, 0.15) is 24.4 Å². The molecule has 0 saturated heterocycles. The summed E-state index contributed by atoms with van der Waals surface area (Å²) in [6.07, 6.45) is 2.92. The number of carbonyl (C=O) groups excluding carboxylic acids is 1. The molecular weight excluding hydrogens is 422 g/mol. The second-order valence-corrected chi connectivity index (χ2v) is 7.89. The number of hydrogen-bond donors (Lipinski definition) is 1. The summed E-state index contributed by atoms with van der Waals surface area (Å²) in [5.41, 5.74) is 1.12. The third kappa shape index (κ3) is 5.84. The van der Waals surface area contributed by atoms with E-state index in [1.165, 1.54) is 18.0 Å². The van der Waals surface area contributed by atoms with Gasteiger partial charge in [-0.1, -0.05) is 41.6 Å². The zero-order chi connectivity index (χ0) is 21.5. The Labute approximate surface area is 184 Å². The highest BCUT2D eigenvalue weighted by Gasteiger charge is 2.20. The second-order valence-electron chi connectivity index (χ2n) is 6.52. The maximum atomic E-state index is 12.2. The third-order valence-electron chi connectivity index (χ3n) is 4.05. The molecule has 1 aromatic carbocycles. The number of rotatable bonds is 9. The molecule has 9 heteroatoms. The van der Waals surface area contributed by atoms with Gasteiger partial charge in [-0.25, -0.2) is 4.98 Å². The summed E-state index contributed by atoms with van der Waals surface area (Å²) in [6.45, 7) is 8.24. The minimum atomic E-state index is -0.319. The first-order chi connectivity index (χ1) is 14.5. The van der Waals surface area contributed by atoms with Crippen LogP contribution in [-0.2, 0) is 11.3 Å². The fraction of sp³-hybridized carbons (Fsp3) is 0.238. The van der Waals surface area contributed by atoms with Gasteiger partial charge >= 0.3 is 0 Å². The summed E-state index contributed by atoms with van der Waals surface area (Å²) >= 11 is 7.09. The molecule has 0 spiro atoms. The lowest BCUT2D eigenvalue weighted by Crippen LogP contribution is -2.16. The number of amides is 1. The molecule has 0 fully saturated rings. The van der Waals surface area contributed by atoms with Gasteiger partial charge in [-0.2, -0.15) is 0 Å². The molecule has 2 aromatic heterocycles. The molecule has 0 aliphatic heterocycles. The van der Waals surface area contributed by atoms with Crippen LogP contribution in [-0.4, -0.2) is 31.4 Å². The lowest BCUT2D eigenvalue weighted by Gasteiger charge is -2.16. The Morgan fingerprint density at radius 1 is 1.37 bits per heavy atom. The molecule has 3 rings (SSSR count). The molecule has 0 aliphatic rings. The highest BCUT2D eigenvalue weighted by molar-refractivity contribution is 7.99. The predicted molar refractivity (Wildman–Crippen MR) is 119 cm³/mol. The van der Waals surface area contributed by atoms with E-state index in [1.54, 1.807) is 18.2 Å². The first-order valence-electron chi connectivity index (χ1n) is 9.27. The number of ether oxygens (including phenoxy) is 1. The Bertz CT molecular complexity index is 1020. The molecule has 3 aromatic rings. The van der Waals surface area contributed by atoms with Crippen LogP contribution in [0.15, 0.2) is 60.4 Å². The Morgan fingerprint density at radius 2 is 2.20 bits per heavy atom. The monoisotopic (exact) mass is 443 g/mol. The van der Waals surface area contributed by atoms with E-state index in [9.17, 15) is 4.79 Å². The molecular formula is C21H22ClN5O2S. The normalized spacial score (nSPS) is 11.7. The SMILES string of the molecule is C=CCn1c(SCC(=O)Nc2ccc(Cl)cn2)nnc1C(C)Oc1cccc(C)c1. The molecule has 1 amide bonds. The standard InChI is InChI=1S/C21H22ClN5O2S/c1-4-10-27-20(15(3)29-17-7-5-6-14(2)11-17)25-26-21(27)30-13-19(28)24-18-9-8-16(22)12-23-18/h4-9,11-12,15H,1,10,13H2,2-3H3,(H,23,24,28). The molecule has 1 unspecified atom stereocenters. The molecule has 0 radical (unpaired) electrons. The summed E-state index contributed by atoms with van der Waals surface area (Å²) < 4.78 is 7.93. The van der Waals surface area contributed by atoms with Crippen molar-refractivity contribution in [3.63, 3.8) is 0 Å². The Morgan fingerprint density at radius 3 is 2.90 bits per heavy atom. The number of nitrogens with one attached hydrogen (secondary N) is 1. The van der Waals surface area contributed by atoms with Crippen molar-refractivity contribution in [1.82, 2.24) is 19.7 Å². The number of nitrogens with zero attached hydrogens (tertiary/aromatic N) is 4. The van der Waals surface area contributed by atoms with Gasteiger partial charge in [0.2, 0.25) is 5.91 Å². The molecule has 7 nitrogen and oxygen atoms in total. The van der Waals surface area contributed by atoms with Gasteiger partial charge in [0.05, 0.1) is 10.8 Å². The highest BCUT2D eigenvalue weighted by Crippen LogP contribution is 2.25. The maximum Gasteiger partial charge on any atom is 0.236 e. The topological polar surface area (TPSA) is 81.9 Å². The number of pyridine rings is 1. The van der Waals surface area contributed by atoms with Crippen LogP contribution in [0.4, 0.5) is 5.82 Å². The van der Waals surface area contributed by atoms with Crippen molar-refractivity contribution >= 4 is 35.1 Å². The largest absolute Gasteiger partial charge is 0.483 e. The zero-order valence-corrected chi connectivity index (χ0v) is 18.3. The van der Waals surface area contributed by atoms with Gasteiger partial charge in [-0.3, -0.25) is 9.36 Å². The van der Waals surface area contributed by atoms with Crippen LogP contribution < -0.4 is 10.1 Å². The number of hydrogen-bond acceptors (Lipinski definition) is 6.